The summed E-state index contributed by atoms with van der Waals surface area (Å²) >= 11 is 3.30. The van der Waals surface area contributed by atoms with Crippen LogP contribution in [-0.2, 0) is 21.4 Å². The van der Waals surface area contributed by atoms with Gasteiger partial charge in [0.2, 0.25) is 10.0 Å². The molecule has 0 spiro atoms. The second-order valence-electron chi connectivity index (χ2n) is 8.92. The van der Waals surface area contributed by atoms with Crippen LogP contribution in [0.15, 0.2) is 46.3 Å². The standard InChI is InChI=1S/C25H31N3O3S3/c1-17-7-9-21(10-8-17)34(30,31)27-11-5-6-20(16-27)24(29)26-25-28(12-13-32-4)22-15-18(2)14-19(3)23(22)33-25/h7-10,14-15,20H,5-6,11-13,16H2,1-4H3. The molecule has 1 aromatic heterocycles. The zero-order valence-corrected chi connectivity index (χ0v) is 22.5. The summed E-state index contributed by atoms with van der Waals surface area (Å²) in [4.78, 5) is 18.8. The van der Waals surface area contributed by atoms with Crippen molar-refractivity contribution in [1.82, 2.24) is 8.87 Å². The van der Waals surface area contributed by atoms with Crippen LogP contribution in [-0.4, -0.2) is 48.3 Å². The number of amides is 1. The number of aryl methyl sites for hydroxylation is 4. The predicted molar refractivity (Wildman–Crippen MR) is 141 cm³/mol. The third-order valence-electron chi connectivity index (χ3n) is 6.23. The van der Waals surface area contributed by atoms with Gasteiger partial charge in [-0.3, -0.25) is 4.79 Å². The SMILES string of the molecule is CSCCn1c(=NC(=O)C2CCCN(S(=O)(=O)c3ccc(C)cc3)C2)sc2c(C)cc(C)cc21. The number of carbonyl (C=O) groups excluding carboxylic acids is 1. The van der Waals surface area contributed by atoms with Gasteiger partial charge >= 0.3 is 0 Å². The highest BCUT2D eigenvalue weighted by atomic mass is 32.2. The Hall–Kier alpha value is -1.94. The van der Waals surface area contributed by atoms with E-state index in [1.54, 1.807) is 47.4 Å². The Kier molecular flexibility index (Phi) is 7.66. The van der Waals surface area contributed by atoms with E-state index in [1.165, 1.54) is 15.4 Å². The Bertz CT molecular complexity index is 1370. The van der Waals surface area contributed by atoms with E-state index in [9.17, 15) is 13.2 Å². The molecule has 1 fully saturated rings. The summed E-state index contributed by atoms with van der Waals surface area (Å²) < 4.78 is 31.1. The summed E-state index contributed by atoms with van der Waals surface area (Å²) in [7, 11) is -3.64. The molecule has 0 saturated carbocycles. The van der Waals surface area contributed by atoms with Crippen LogP contribution < -0.4 is 4.80 Å². The van der Waals surface area contributed by atoms with E-state index in [4.69, 9.17) is 0 Å². The summed E-state index contributed by atoms with van der Waals surface area (Å²) in [5.74, 6) is 0.255. The van der Waals surface area contributed by atoms with E-state index in [0.29, 0.717) is 24.2 Å². The molecule has 1 atom stereocenters. The molecule has 6 nitrogen and oxygen atoms in total. The van der Waals surface area contributed by atoms with Crippen LogP contribution in [0.3, 0.4) is 0 Å². The fourth-order valence-electron chi connectivity index (χ4n) is 4.40. The van der Waals surface area contributed by atoms with E-state index >= 15 is 0 Å². The molecule has 182 valence electrons. The fourth-order valence-corrected chi connectivity index (χ4v) is 7.40. The molecular weight excluding hydrogens is 486 g/mol. The second kappa shape index (κ2) is 10.4. The van der Waals surface area contributed by atoms with Gasteiger partial charge in [-0.15, -0.1) is 0 Å². The van der Waals surface area contributed by atoms with Gasteiger partial charge in [0.15, 0.2) is 4.80 Å². The van der Waals surface area contributed by atoms with E-state index < -0.39 is 15.9 Å². The molecule has 0 N–H and O–H groups in total. The minimum absolute atomic E-state index is 0.173. The average molecular weight is 518 g/mol. The molecule has 0 aliphatic carbocycles. The van der Waals surface area contributed by atoms with E-state index in [2.05, 4.69) is 41.8 Å². The molecule has 0 radical (unpaired) electrons. The number of fused-ring (bicyclic) bond motifs is 1. The summed E-state index contributed by atoms with van der Waals surface area (Å²) in [6, 6.07) is 11.2. The number of piperidine rings is 1. The second-order valence-corrected chi connectivity index (χ2v) is 12.8. The normalized spacial score (nSPS) is 18.0. The molecule has 1 aliphatic rings. The lowest BCUT2D eigenvalue weighted by molar-refractivity contribution is -0.122. The number of aromatic nitrogens is 1. The van der Waals surface area contributed by atoms with Crippen LogP contribution in [0.2, 0.25) is 0 Å². The molecule has 2 heterocycles. The van der Waals surface area contributed by atoms with Crippen LogP contribution in [0.5, 0.6) is 0 Å². The molecule has 0 bridgehead atoms. The number of sulfonamides is 1. The first-order valence-electron chi connectivity index (χ1n) is 11.5. The number of hydrogen-bond acceptors (Lipinski definition) is 5. The third-order valence-corrected chi connectivity index (χ3v) is 9.93. The summed E-state index contributed by atoms with van der Waals surface area (Å²) in [6.45, 7) is 7.47. The largest absolute Gasteiger partial charge is 0.315 e. The Morgan fingerprint density at radius 1 is 1.15 bits per heavy atom. The highest BCUT2D eigenvalue weighted by Crippen LogP contribution is 2.26. The van der Waals surface area contributed by atoms with E-state index in [0.717, 1.165) is 28.1 Å². The van der Waals surface area contributed by atoms with Crippen LogP contribution in [0.1, 0.15) is 29.5 Å². The number of hydrogen-bond donors (Lipinski definition) is 0. The lowest BCUT2D eigenvalue weighted by Gasteiger charge is -2.30. The molecule has 34 heavy (non-hydrogen) atoms. The molecule has 2 aromatic carbocycles. The number of thiazole rings is 1. The highest BCUT2D eigenvalue weighted by molar-refractivity contribution is 7.98. The summed E-state index contributed by atoms with van der Waals surface area (Å²) in [5.41, 5.74) is 4.48. The number of nitrogens with zero attached hydrogens (tertiary/aromatic N) is 3. The van der Waals surface area contributed by atoms with Crippen molar-refractivity contribution in [1.29, 1.82) is 0 Å². The van der Waals surface area contributed by atoms with Crippen molar-refractivity contribution in [2.45, 2.75) is 45.1 Å². The van der Waals surface area contributed by atoms with Gasteiger partial charge < -0.3 is 4.57 Å². The van der Waals surface area contributed by atoms with E-state index in [-0.39, 0.29) is 17.3 Å². The Morgan fingerprint density at radius 2 is 1.88 bits per heavy atom. The molecule has 3 aromatic rings. The molecule has 4 rings (SSSR count). The van der Waals surface area contributed by atoms with Crippen LogP contribution in [0, 0.1) is 26.7 Å². The average Bonchev–Trinajstić information content (AvgIpc) is 3.15. The zero-order valence-electron chi connectivity index (χ0n) is 20.1. The number of carbonyl (C=O) groups is 1. The van der Waals surface area contributed by atoms with Gasteiger partial charge in [-0.25, -0.2) is 8.42 Å². The van der Waals surface area contributed by atoms with Gasteiger partial charge in [0.25, 0.3) is 5.91 Å². The van der Waals surface area contributed by atoms with Crippen LogP contribution in [0.4, 0.5) is 0 Å². The van der Waals surface area contributed by atoms with Crippen molar-refractivity contribution in [3.63, 3.8) is 0 Å². The van der Waals surface area contributed by atoms with Crippen molar-refractivity contribution in [2.75, 3.05) is 25.1 Å². The van der Waals surface area contributed by atoms with Gasteiger partial charge in [-0.1, -0.05) is 35.1 Å². The van der Waals surface area contributed by atoms with Gasteiger partial charge in [-0.2, -0.15) is 21.1 Å². The van der Waals surface area contributed by atoms with Crippen LogP contribution >= 0.6 is 23.1 Å². The first kappa shape index (κ1) is 25.2. The zero-order chi connectivity index (χ0) is 24.5. The lowest BCUT2D eigenvalue weighted by atomic mass is 9.99. The van der Waals surface area contributed by atoms with Crippen molar-refractivity contribution in [2.24, 2.45) is 10.9 Å². The monoisotopic (exact) mass is 517 g/mol. The van der Waals surface area contributed by atoms with Crippen molar-refractivity contribution >= 4 is 49.2 Å². The molecule has 1 aliphatic heterocycles. The molecular formula is C25H31N3O3S3. The summed E-state index contributed by atoms with van der Waals surface area (Å²) in [5, 5.41) is 0. The van der Waals surface area contributed by atoms with Crippen molar-refractivity contribution in [3.8, 4) is 0 Å². The number of benzene rings is 2. The minimum atomic E-state index is -3.64. The van der Waals surface area contributed by atoms with E-state index in [1.807, 2.05) is 6.92 Å². The highest BCUT2D eigenvalue weighted by Gasteiger charge is 2.33. The maximum absolute atomic E-state index is 13.3. The number of rotatable bonds is 6. The number of thioether (sulfide) groups is 1. The minimum Gasteiger partial charge on any atom is -0.315 e. The van der Waals surface area contributed by atoms with Crippen molar-refractivity contribution < 1.29 is 13.2 Å². The van der Waals surface area contributed by atoms with Gasteiger partial charge in [0.05, 0.1) is 21.0 Å². The quantitative estimate of drug-likeness (QED) is 0.482. The molecule has 1 unspecified atom stereocenters. The lowest BCUT2D eigenvalue weighted by Crippen LogP contribution is -2.42. The van der Waals surface area contributed by atoms with Crippen LogP contribution in [0.25, 0.3) is 10.2 Å². The smallest absolute Gasteiger partial charge is 0.252 e. The third kappa shape index (κ3) is 5.17. The molecule has 1 amide bonds. The predicted octanol–water partition coefficient (Wildman–Crippen LogP) is 4.52. The Labute approximate surface area is 209 Å². The maximum atomic E-state index is 13.3. The Morgan fingerprint density at radius 3 is 2.59 bits per heavy atom. The fraction of sp³-hybridized carbons (Fsp3) is 0.440. The van der Waals surface area contributed by atoms with Gasteiger partial charge in [0.1, 0.15) is 0 Å². The molecule has 1 saturated heterocycles. The first-order valence-corrected chi connectivity index (χ1v) is 15.1. The maximum Gasteiger partial charge on any atom is 0.252 e. The Balaban J connectivity index is 1.65. The summed E-state index contributed by atoms with van der Waals surface area (Å²) in [6.07, 6.45) is 3.36. The van der Waals surface area contributed by atoms with Gasteiger partial charge in [0, 0.05) is 25.4 Å². The topological polar surface area (TPSA) is 71.7 Å². The van der Waals surface area contributed by atoms with Gasteiger partial charge in [-0.05, 0) is 69.2 Å². The first-order chi connectivity index (χ1) is 16.2. The molecule has 9 heteroatoms. The van der Waals surface area contributed by atoms with Crippen molar-refractivity contribution in [3.05, 3.63) is 57.9 Å².